The summed E-state index contributed by atoms with van der Waals surface area (Å²) in [5, 5.41) is 2.78. The lowest BCUT2D eigenvalue weighted by Gasteiger charge is -2.23. The highest BCUT2D eigenvalue weighted by Crippen LogP contribution is 2.18. The van der Waals surface area contributed by atoms with E-state index in [-0.39, 0.29) is 11.7 Å². The standard InChI is InChI=1S/C16H22F2N2O2/c17-16(18)22-14-8-6-13(7-9-14)19-15(21)12-20-10-4-2-1-3-5-11-20/h6-9,16H,1-5,10-12H2,(H,19,21). The van der Waals surface area contributed by atoms with Crippen LogP contribution in [0, 0.1) is 0 Å². The van der Waals surface area contributed by atoms with Crippen LogP contribution in [0.4, 0.5) is 14.5 Å². The van der Waals surface area contributed by atoms with Crippen LogP contribution in [-0.2, 0) is 4.79 Å². The van der Waals surface area contributed by atoms with Crippen LogP contribution in [0.2, 0.25) is 0 Å². The molecule has 2 rings (SSSR count). The number of nitrogens with zero attached hydrogens (tertiary/aromatic N) is 1. The predicted molar refractivity (Wildman–Crippen MR) is 81.2 cm³/mol. The highest BCUT2D eigenvalue weighted by molar-refractivity contribution is 5.92. The zero-order valence-electron chi connectivity index (χ0n) is 12.6. The number of rotatable bonds is 5. The van der Waals surface area contributed by atoms with Crippen LogP contribution in [-0.4, -0.2) is 37.1 Å². The number of benzene rings is 1. The summed E-state index contributed by atoms with van der Waals surface area (Å²) in [7, 11) is 0. The molecule has 0 saturated carbocycles. The summed E-state index contributed by atoms with van der Waals surface area (Å²) in [5.74, 6) is -0.000122. The van der Waals surface area contributed by atoms with Crippen LogP contribution in [0.3, 0.4) is 0 Å². The molecule has 1 fully saturated rings. The molecule has 1 amide bonds. The lowest BCUT2D eigenvalue weighted by Crippen LogP contribution is -2.35. The molecule has 1 heterocycles. The first-order valence-electron chi connectivity index (χ1n) is 7.70. The molecular weight excluding hydrogens is 290 g/mol. The molecule has 1 aliphatic rings. The maximum atomic E-state index is 12.1. The van der Waals surface area contributed by atoms with Crippen molar-refractivity contribution >= 4 is 11.6 Å². The lowest BCUT2D eigenvalue weighted by atomic mass is 10.1. The van der Waals surface area contributed by atoms with Gasteiger partial charge in [0.05, 0.1) is 6.54 Å². The van der Waals surface area contributed by atoms with Crippen molar-refractivity contribution in [2.45, 2.75) is 38.7 Å². The Morgan fingerprint density at radius 2 is 1.68 bits per heavy atom. The number of likely N-dealkylation sites (tertiary alicyclic amines) is 1. The number of halogens is 2. The fourth-order valence-corrected chi connectivity index (χ4v) is 2.59. The van der Waals surface area contributed by atoms with Gasteiger partial charge in [0.2, 0.25) is 5.91 Å². The molecule has 0 aromatic heterocycles. The maximum absolute atomic E-state index is 12.1. The third kappa shape index (κ3) is 5.97. The maximum Gasteiger partial charge on any atom is 0.387 e. The van der Waals surface area contributed by atoms with Crippen molar-refractivity contribution in [1.82, 2.24) is 4.90 Å². The summed E-state index contributed by atoms with van der Waals surface area (Å²) in [5.41, 5.74) is 0.582. The quantitative estimate of drug-likeness (QED) is 0.905. The van der Waals surface area contributed by atoms with Gasteiger partial charge in [0.25, 0.3) is 0 Å². The topological polar surface area (TPSA) is 41.6 Å². The van der Waals surface area contributed by atoms with Crippen LogP contribution in [0.15, 0.2) is 24.3 Å². The number of alkyl halides is 2. The summed E-state index contributed by atoms with van der Waals surface area (Å²) in [6, 6.07) is 5.95. The summed E-state index contributed by atoms with van der Waals surface area (Å²) in [6.45, 7) is -0.564. The molecule has 1 aromatic rings. The van der Waals surface area contributed by atoms with Gasteiger partial charge < -0.3 is 10.1 Å². The Hall–Kier alpha value is -1.69. The monoisotopic (exact) mass is 312 g/mol. The molecule has 6 heteroatoms. The Labute approximate surface area is 129 Å². The average molecular weight is 312 g/mol. The predicted octanol–water partition coefficient (Wildman–Crippen LogP) is 3.49. The first-order valence-corrected chi connectivity index (χ1v) is 7.70. The van der Waals surface area contributed by atoms with Gasteiger partial charge in [-0.2, -0.15) is 8.78 Å². The van der Waals surface area contributed by atoms with E-state index in [1.807, 2.05) is 0 Å². The van der Waals surface area contributed by atoms with Crippen LogP contribution < -0.4 is 10.1 Å². The van der Waals surface area contributed by atoms with E-state index in [0.29, 0.717) is 12.2 Å². The zero-order chi connectivity index (χ0) is 15.8. The van der Waals surface area contributed by atoms with Crippen molar-refractivity contribution in [1.29, 1.82) is 0 Å². The van der Waals surface area contributed by atoms with Crippen molar-refractivity contribution < 1.29 is 18.3 Å². The molecule has 0 bridgehead atoms. The molecule has 22 heavy (non-hydrogen) atoms. The number of carbonyl (C=O) groups excluding carboxylic acids is 1. The third-order valence-electron chi connectivity index (χ3n) is 3.68. The van der Waals surface area contributed by atoms with Crippen LogP contribution in [0.1, 0.15) is 32.1 Å². The van der Waals surface area contributed by atoms with Gasteiger partial charge in [-0.05, 0) is 50.2 Å². The second kappa shape index (κ2) is 8.68. The highest BCUT2D eigenvalue weighted by atomic mass is 19.3. The second-order valence-corrected chi connectivity index (χ2v) is 5.49. The Balaban J connectivity index is 1.80. The lowest BCUT2D eigenvalue weighted by molar-refractivity contribution is -0.117. The number of ether oxygens (including phenoxy) is 1. The third-order valence-corrected chi connectivity index (χ3v) is 3.68. The summed E-state index contributed by atoms with van der Waals surface area (Å²) in [6.07, 6.45) is 6.00. The van der Waals surface area contributed by atoms with Crippen molar-refractivity contribution in [3.05, 3.63) is 24.3 Å². The fraction of sp³-hybridized carbons (Fsp3) is 0.562. The average Bonchev–Trinajstić information content (AvgIpc) is 2.43. The SMILES string of the molecule is O=C(CN1CCCCCCC1)Nc1ccc(OC(F)F)cc1. The van der Waals surface area contributed by atoms with E-state index in [4.69, 9.17) is 0 Å². The molecule has 0 spiro atoms. The number of hydrogen-bond donors (Lipinski definition) is 1. The normalized spacial score (nSPS) is 16.9. The Morgan fingerprint density at radius 3 is 2.27 bits per heavy atom. The van der Waals surface area contributed by atoms with Crippen molar-refractivity contribution in [3.8, 4) is 5.75 Å². The second-order valence-electron chi connectivity index (χ2n) is 5.49. The Bertz CT molecular complexity index is 458. The summed E-state index contributed by atoms with van der Waals surface area (Å²) >= 11 is 0. The molecule has 0 atom stereocenters. The minimum absolute atomic E-state index is 0.0803. The number of nitrogens with one attached hydrogen (secondary N) is 1. The zero-order valence-corrected chi connectivity index (χ0v) is 12.6. The van der Waals surface area contributed by atoms with Crippen molar-refractivity contribution in [2.24, 2.45) is 0 Å². The van der Waals surface area contributed by atoms with Crippen LogP contribution in [0.5, 0.6) is 5.75 Å². The van der Waals surface area contributed by atoms with Crippen LogP contribution >= 0.6 is 0 Å². The molecule has 0 aliphatic carbocycles. The van der Waals surface area contributed by atoms with Gasteiger partial charge in [-0.15, -0.1) is 0 Å². The molecule has 4 nitrogen and oxygen atoms in total. The molecule has 1 N–H and O–H groups in total. The van der Waals surface area contributed by atoms with Crippen molar-refractivity contribution in [2.75, 3.05) is 25.0 Å². The minimum Gasteiger partial charge on any atom is -0.435 e. The molecule has 1 aliphatic heterocycles. The van der Waals surface area contributed by atoms with Crippen LogP contribution in [0.25, 0.3) is 0 Å². The van der Waals surface area contributed by atoms with Gasteiger partial charge in [0, 0.05) is 5.69 Å². The van der Waals surface area contributed by atoms with E-state index in [2.05, 4.69) is 15.0 Å². The molecule has 1 aromatic carbocycles. The molecule has 122 valence electrons. The smallest absolute Gasteiger partial charge is 0.387 e. The first kappa shape index (κ1) is 16.7. The number of carbonyl (C=O) groups is 1. The number of anilines is 1. The molecule has 0 radical (unpaired) electrons. The van der Waals surface area contributed by atoms with E-state index in [9.17, 15) is 13.6 Å². The van der Waals surface area contributed by atoms with E-state index < -0.39 is 6.61 Å². The molecule has 0 unspecified atom stereocenters. The number of hydrogen-bond acceptors (Lipinski definition) is 3. The Kier molecular flexibility index (Phi) is 6.58. The van der Waals surface area contributed by atoms with Gasteiger partial charge in [-0.3, -0.25) is 9.69 Å². The highest BCUT2D eigenvalue weighted by Gasteiger charge is 2.12. The van der Waals surface area contributed by atoms with Gasteiger partial charge in [-0.1, -0.05) is 19.3 Å². The number of amides is 1. The molecular formula is C16H22F2N2O2. The first-order chi connectivity index (χ1) is 10.6. The van der Waals surface area contributed by atoms with E-state index in [0.717, 1.165) is 25.9 Å². The van der Waals surface area contributed by atoms with E-state index >= 15 is 0 Å². The van der Waals surface area contributed by atoms with Gasteiger partial charge in [0.15, 0.2) is 0 Å². The molecule has 1 saturated heterocycles. The minimum atomic E-state index is -2.84. The summed E-state index contributed by atoms with van der Waals surface area (Å²) < 4.78 is 28.4. The Morgan fingerprint density at radius 1 is 1.09 bits per heavy atom. The van der Waals surface area contributed by atoms with Crippen molar-refractivity contribution in [3.63, 3.8) is 0 Å². The van der Waals surface area contributed by atoms with Gasteiger partial charge in [0.1, 0.15) is 5.75 Å². The van der Waals surface area contributed by atoms with E-state index in [1.54, 1.807) is 12.1 Å². The van der Waals surface area contributed by atoms with E-state index in [1.165, 1.54) is 31.4 Å². The van der Waals surface area contributed by atoms with Gasteiger partial charge in [-0.25, -0.2) is 0 Å². The van der Waals surface area contributed by atoms with Gasteiger partial charge >= 0.3 is 6.61 Å². The largest absolute Gasteiger partial charge is 0.435 e. The fourth-order valence-electron chi connectivity index (χ4n) is 2.59. The summed E-state index contributed by atoms with van der Waals surface area (Å²) in [4.78, 5) is 14.2.